The average molecular weight is 275 g/mol. The summed E-state index contributed by atoms with van der Waals surface area (Å²) in [7, 11) is 1.23. The smallest absolute Gasteiger partial charge is 0.408 e. The molecule has 0 aromatic rings. The standard InChI is InChI=1S/C13H25NO5/c1-8(13(5,6)17)9(10(15)18-7)14-11(16)19-12(2,3)4/h8-9,17H,1-7H3,(H,14,16)/t8-,9-/m0/s1. The Morgan fingerprint density at radius 1 is 1.16 bits per heavy atom. The minimum Gasteiger partial charge on any atom is -0.467 e. The third-order valence-corrected chi connectivity index (χ3v) is 2.74. The number of rotatable bonds is 4. The largest absolute Gasteiger partial charge is 0.467 e. The molecule has 0 spiro atoms. The van der Waals surface area contributed by atoms with E-state index in [1.807, 2.05) is 0 Å². The predicted octanol–water partition coefficient (Wildman–Crippen LogP) is 1.46. The normalized spacial score (nSPS) is 15.4. The average Bonchev–Trinajstić information content (AvgIpc) is 2.20. The van der Waals surface area contributed by atoms with Crippen molar-refractivity contribution in [1.82, 2.24) is 5.32 Å². The molecule has 0 unspecified atom stereocenters. The molecule has 19 heavy (non-hydrogen) atoms. The summed E-state index contributed by atoms with van der Waals surface area (Å²) in [6, 6.07) is -0.972. The van der Waals surface area contributed by atoms with Gasteiger partial charge in [-0.3, -0.25) is 0 Å². The fraction of sp³-hybridized carbons (Fsp3) is 0.846. The molecule has 0 bridgehead atoms. The maximum Gasteiger partial charge on any atom is 0.408 e. The van der Waals surface area contributed by atoms with E-state index in [0.717, 1.165) is 0 Å². The molecule has 0 fully saturated rings. The maximum atomic E-state index is 11.7. The van der Waals surface area contributed by atoms with Crippen LogP contribution in [-0.4, -0.2) is 41.5 Å². The highest BCUT2D eigenvalue weighted by Crippen LogP contribution is 2.21. The molecule has 0 aromatic carbocycles. The maximum absolute atomic E-state index is 11.7. The molecule has 0 aromatic heterocycles. The highest BCUT2D eigenvalue weighted by atomic mass is 16.6. The van der Waals surface area contributed by atoms with E-state index in [4.69, 9.17) is 4.74 Å². The second kappa shape index (κ2) is 6.23. The van der Waals surface area contributed by atoms with E-state index in [2.05, 4.69) is 10.1 Å². The fourth-order valence-corrected chi connectivity index (χ4v) is 1.36. The van der Waals surface area contributed by atoms with Gasteiger partial charge in [0, 0.05) is 5.92 Å². The van der Waals surface area contributed by atoms with E-state index in [1.165, 1.54) is 7.11 Å². The molecule has 6 heteroatoms. The number of esters is 1. The summed E-state index contributed by atoms with van der Waals surface area (Å²) in [5, 5.41) is 12.4. The van der Waals surface area contributed by atoms with Crippen molar-refractivity contribution in [2.75, 3.05) is 7.11 Å². The van der Waals surface area contributed by atoms with Gasteiger partial charge < -0.3 is 19.9 Å². The van der Waals surface area contributed by atoms with Crippen LogP contribution >= 0.6 is 0 Å². The number of amides is 1. The van der Waals surface area contributed by atoms with E-state index < -0.39 is 35.2 Å². The summed E-state index contributed by atoms with van der Waals surface area (Å²) in [6.07, 6.45) is -0.723. The third-order valence-electron chi connectivity index (χ3n) is 2.74. The molecule has 0 aliphatic rings. The summed E-state index contributed by atoms with van der Waals surface area (Å²) < 4.78 is 9.73. The molecule has 0 rings (SSSR count). The zero-order chi connectivity index (χ0) is 15.4. The molecule has 1 amide bonds. The van der Waals surface area contributed by atoms with Crippen LogP contribution in [0.25, 0.3) is 0 Å². The highest BCUT2D eigenvalue weighted by molar-refractivity contribution is 5.81. The Hall–Kier alpha value is -1.30. The van der Waals surface area contributed by atoms with Crippen molar-refractivity contribution in [2.45, 2.75) is 58.8 Å². The van der Waals surface area contributed by atoms with Gasteiger partial charge in [0.05, 0.1) is 12.7 Å². The summed E-state index contributed by atoms with van der Waals surface area (Å²) in [4.78, 5) is 23.4. The van der Waals surface area contributed by atoms with Crippen molar-refractivity contribution in [2.24, 2.45) is 5.92 Å². The number of hydrogen-bond donors (Lipinski definition) is 2. The van der Waals surface area contributed by atoms with Gasteiger partial charge in [-0.2, -0.15) is 0 Å². The number of ether oxygens (including phenoxy) is 2. The van der Waals surface area contributed by atoms with Crippen LogP contribution in [0.4, 0.5) is 4.79 Å². The zero-order valence-electron chi connectivity index (χ0n) is 12.7. The Balaban J connectivity index is 4.90. The van der Waals surface area contributed by atoms with Crippen LogP contribution in [-0.2, 0) is 14.3 Å². The van der Waals surface area contributed by atoms with Gasteiger partial charge in [-0.1, -0.05) is 6.92 Å². The first-order valence-electron chi connectivity index (χ1n) is 6.18. The minimum absolute atomic E-state index is 0.535. The number of aliphatic hydroxyl groups is 1. The third kappa shape index (κ3) is 6.42. The van der Waals surface area contributed by atoms with Crippen molar-refractivity contribution in [3.63, 3.8) is 0 Å². The van der Waals surface area contributed by atoms with Crippen LogP contribution in [0.5, 0.6) is 0 Å². The number of methoxy groups -OCH3 is 1. The van der Waals surface area contributed by atoms with Crippen LogP contribution in [0.1, 0.15) is 41.5 Å². The van der Waals surface area contributed by atoms with E-state index >= 15 is 0 Å². The predicted molar refractivity (Wildman–Crippen MR) is 70.6 cm³/mol. The van der Waals surface area contributed by atoms with E-state index in [-0.39, 0.29) is 0 Å². The van der Waals surface area contributed by atoms with E-state index in [1.54, 1.807) is 41.5 Å². The number of nitrogens with one attached hydrogen (secondary N) is 1. The SMILES string of the molecule is COC(=O)[C@@H](NC(=O)OC(C)(C)C)[C@H](C)C(C)(C)O. The first-order chi connectivity index (χ1) is 8.38. The van der Waals surface area contributed by atoms with Gasteiger partial charge in [0.2, 0.25) is 0 Å². The van der Waals surface area contributed by atoms with Gasteiger partial charge in [-0.15, -0.1) is 0 Å². The first-order valence-corrected chi connectivity index (χ1v) is 6.18. The Kier molecular flexibility index (Phi) is 5.81. The van der Waals surface area contributed by atoms with Crippen molar-refractivity contribution < 1.29 is 24.2 Å². The van der Waals surface area contributed by atoms with Gasteiger partial charge in [0.1, 0.15) is 11.6 Å². The van der Waals surface area contributed by atoms with E-state index in [0.29, 0.717) is 0 Å². The molecule has 2 N–H and O–H groups in total. The fourth-order valence-electron chi connectivity index (χ4n) is 1.36. The molecule has 0 saturated heterocycles. The minimum atomic E-state index is -1.14. The van der Waals surface area contributed by atoms with Crippen LogP contribution in [0.3, 0.4) is 0 Å². The second-order valence-corrected chi connectivity index (χ2v) is 6.09. The van der Waals surface area contributed by atoms with Gasteiger partial charge in [-0.05, 0) is 34.6 Å². The first kappa shape index (κ1) is 17.7. The summed E-state index contributed by atoms with van der Waals surface area (Å²) in [6.45, 7) is 9.94. The summed E-state index contributed by atoms with van der Waals surface area (Å²) in [5.74, 6) is -1.16. The van der Waals surface area contributed by atoms with Crippen molar-refractivity contribution >= 4 is 12.1 Å². The molecule has 0 aliphatic heterocycles. The van der Waals surface area contributed by atoms with Crippen molar-refractivity contribution in [1.29, 1.82) is 0 Å². The lowest BCUT2D eigenvalue weighted by molar-refractivity contribution is -0.147. The lowest BCUT2D eigenvalue weighted by Crippen LogP contribution is -2.52. The molecule has 0 radical (unpaired) electrons. The topological polar surface area (TPSA) is 84.9 Å². The van der Waals surface area contributed by atoms with Crippen LogP contribution in [0.2, 0.25) is 0 Å². The van der Waals surface area contributed by atoms with Crippen molar-refractivity contribution in [3.05, 3.63) is 0 Å². The lowest BCUT2D eigenvalue weighted by atomic mass is 9.86. The Labute approximate surface area is 114 Å². The van der Waals surface area contributed by atoms with Gasteiger partial charge >= 0.3 is 12.1 Å². The van der Waals surface area contributed by atoms with Crippen LogP contribution < -0.4 is 5.32 Å². The van der Waals surface area contributed by atoms with Gasteiger partial charge in [0.15, 0.2) is 0 Å². The Bertz CT molecular complexity index is 327. The number of carbonyl (C=O) groups is 2. The molecular weight excluding hydrogens is 250 g/mol. The summed E-state index contributed by atoms with van der Waals surface area (Å²) >= 11 is 0. The number of alkyl carbamates (subject to hydrolysis) is 1. The van der Waals surface area contributed by atoms with Gasteiger partial charge in [-0.25, -0.2) is 9.59 Å². The Morgan fingerprint density at radius 2 is 1.63 bits per heavy atom. The summed E-state index contributed by atoms with van der Waals surface area (Å²) in [5.41, 5.74) is -1.81. The molecule has 112 valence electrons. The van der Waals surface area contributed by atoms with Crippen LogP contribution in [0.15, 0.2) is 0 Å². The highest BCUT2D eigenvalue weighted by Gasteiger charge is 2.37. The molecule has 0 aliphatic carbocycles. The second-order valence-electron chi connectivity index (χ2n) is 6.09. The molecular formula is C13H25NO5. The van der Waals surface area contributed by atoms with E-state index in [9.17, 15) is 14.7 Å². The monoisotopic (exact) mass is 275 g/mol. The molecule has 0 heterocycles. The van der Waals surface area contributed by atoms with Crippen LogP contribution in [0, 0.1) is 5.92 Å². The Morgan fingerprint density at radius 3 is 1.95 bits per heavy atom. The number of carbonyl (C=O) groups excluding carboxylic acids is 2. The molecule has 6 nitrogen and oxygen atoms in total. The number of hydrogen-bond acceptors (Lipinski definition) is 5. The van der Waals surface area contributed by atoms with Gasteiger partial charge in [0.25, 0.3) is 0 Å². The van der Waals surface area contributed by atoms with Crippen molar-refractivity contribution in [3.8, 4) is 0 Å². The zero-order valence-corrected chi connectivity index (χ0v) is 12.7. The quantitative estimate of drug-likeness (QED) is 0.759. The molecule has 2 atom stereocenters. The lowest BCUT2D eigenvalue weighted by Gasteiger charge is -2.32. The molecule has 0 saturated carbocycles.